The maximum atomic E-state index is 3.49. The summed E-state index contributed by atoms with van der Waals surface area (Å²) in [6.45, 7) is 5.50. The van der Waals surface area contributed by atoms with Gasteiger partial charge >= 0.3 is 23.1 Å². The summed E-state index contributed by atoms with van der Waals surface area (Å²) in [5.74, 6) is 0. The molecule has 0 aliphatic rings. The minimum absolute atomic E-state index is 0. The molecule has 0 aromatic carbocycles. The Morgan fingerprint density at radius 1 is 1.60 bits per heavy atom. The maximum Gasteiger partial charge on any atom is 2.00 e. The van der Waals surface area contributed by atoms with E-state index in [1.165, 1.54) is 0 Å². The van der Waals surface area contributed by atoms with Crippen molar-refractivity contribution < 1.29 is 24.0 Å². The maximum absolute atomic E-state index is 3.49. The third-order valence-corrected chi connectivity index (χ3v) is 0. The molecule has 0 fully saturated rings. The normalized spacial score (nSPS) is 3.60. The van der Waals surface area contributed by atoms with Crippen LogP contribution in [0.5, 0.6) is 0 Å². The third-order valence-electron chi connectivity index (χ3n) is 0. The molecule has 0 spiro atoms. The van der Waals surface area contributed by atoms with Gasteiger partial charge in [0, 0.05) is 0 Å². The molecule has 0 nitrogen and oxygen atoms in total. The third kappa shape index (κ3) is 30.0. The summed E-state index contributed by atoms with van der Waals surface area (Å²) in [5, 5.41) is 0. The van der Waals surface area contributed by atoms with E-state index in [-0.39, 0.29) is 47.0 Å². The van der Waals surface area contributed by atoms with Crippen LogP contribution < -0.4 is 24.0 Å². The van der Waals surface area contributed by atoms with Gasteiger partial charge in [-0.05, 0) is 0 Å². The van der Waals surface area contributed by atoms with E-state index in [1.54, 1.807) is 0 Å². The van der Waals surface area contributed by atoms with Gasteiger partial charge in [-0.3, -0.25) is 0 Å². The Morgan fingerprint density at radius 3 is 1.60 bits per heavy atom. The standard InChI is InChI=1S/C3H7.HI.Mg/c1-3-2;;/h1,3H2,2H3;1H;/q-1;;+2/p-1. The number of rotatable bonds is 0. The number of hydrogen-bond donors (Lipinski definition) is 0. The molecule has 0 atom stereocenters. The Hall–Kier alpha value is 1.50. The molecule has 0 rings (SSSR count). The molecule has 0 aromatic rings. The first kappa shape index (κ1) is 16.1. The molecule has 0 saturated carbocycles. The summed E-state index contributed by atoms with van der Waals surface area (Å²) in [6.07, 6.45) is 1.00. The SMILES string of the molecule is [CH2-]CC.[I-].[Mg+2]. The molecule has 0 radical (unpaired) electrons. The van der Waals surface area contributed by atoms with Crippen molar-refractivity contribution in [3.05, 3.63) is 6.92 Å². The summed E-state index contributed by atoms with van der Waals surface area (Å²) >= 11 is 0. The fourth-order valence-corrected chi connectivity index (χ4v) is 0. The average molecular weight is 194 g/mol. The largest absolute Gasteiger partial charge is 2.00 e. The van der Waals surface area contributed by atoms with Crippen molar-refractivity contribution in [1.29, 1.82) is 0 Å². The van der Waals surface area contributed by atoms with E-state index in [0.29, 0.717) is 0 Å². The predicted octanol–water partition coefficient (Wildman–Crippen LogP) is -2.15. The van der Waals surface area contributed by atoms with E-state index >= 15 is 0 Å². The molecule has 0 aromatic heterocycles. The van der Waals surface area contributed by atoms with Gasteiger partial charge in [0.05, 0.1) is 0 Å². The second-order valence-electron chi connectivity index (χ2n) is 0.500. The van der Waals surface area contributed by atoms with Gasteiger partial charge in [0.1, 0.15) is 0 Å². The minimum Gasteiger partial charge on any atom is -1.00 e. The summed E-state index contributed by atoms with van der Waals surface area (Å²) in [6, 6.07) is 0. The van der Waals surface area contributed by atoms with E-state index in [0.717, 1.165) is 6.42 Å². The second-order valence-corrected chi connectivity index (χ2v) is 0.500. The molecule has 28 valence electrons. The zero-order valence-corrected chi connectivity index (χ0v) is 7.07. The Bertz CT molecular complexity index is 6.85. The van der Waals surface area contributed by atoms with Crippen LogP contribution in [0.15, 0.2) is 0 Å². The van der Waals surface area contributed by atoms with Gasteiger partial charge in [-0.2, -0.15) is 6.42 Å². The van der Waals surface area contributed by atoms with Crippen LogP contribution in [-0.4, -0.2) is 23.1 Å². The number of hydrogen-bond acceptors (Lipinski definition) is 0. The van der Waals surface area contributed by atoms with Gasteiger partial charge in [-0.25, -0.2) is 0 Å². The second kappa shape index (κ2) is 17.8. The molecule has 0 saturated heterocycles. The van der Waals surface area contributed by atoms with Crippen LogP contribution in [0.1, 0.15) is 13.3 Å². The summed E-state index contributed by atoms with van der Waals surface area (Å²) in [7, 11) is 0. The van der Waals surface area contributed by atoms with E-state index in [1.807, 2.05) is 6.92 Å². The smallest absolute Gasteiger partial charge is 1.00 e. The van der Waals surface area contributed by atoms with E-state index < -0.39 is 0 Å². The minimum atomic E-state index is 0. The van der Waals surface area contributed by atoms with Gasteiger partial charge in [0.15, 0.2) is 0 Å². The monoisotopic (exact) mass is 194 g/mol. The quantitative estimate of drug-likeness (QED) is 0.234. The Kier molecular flexibility index (Phi) is 57.3. The van der Waals surface area contributed by atoms with Crippen molar-refractivity contribution >= 4 is 23.1 Å². The van der Waals surface area contributed by atoms with Crippen LogP contribution in [0, 0.1) is 6.92 Å². The van der Waals surface area contributed by atoms with Crippen LogP contribution in [-0.2, 0) is 0 Å². The molecule has 0 amide bonds. The Labute approximate surface area is 66.9 Å². The zero-order chi connectivity index (χ0) is 2.71. The first-order chi connectivity index (χ1) is 1.41. The molecule has 5 heavy (non-hydrogen) atoms. The fourth-order valence-electron chi connectivity index (χ4n) is 0. The van der Waals surface area contributed by atoms with Crippen LogP contribution in [0.3, 0.4) is 0 Å². The van der Waals surface area contributed by atoms with Crippen LogP contribution >= 0.6 is 0 Å². The van der Waals surface area contributed by atoms with E-state index in [4.69, 9.17) is 0 Å². The molecular weight excluding hydrogens is 187 g/mol. The molecule has 0 heterocycles. The van der Waals surface area contributed by atoms with Crippen LogP contribution in [0.4, 0.5) is 0 Å². The first-order valence-corrected chi connectivity index (χ1v) is 1.21. The van der Waals surface area contributed by atoms with Crippen molar-refractivity contribution in [3.8, 4) is 0 Å². The molecule has 0 aliphatic heterocycles. The molecular formula is C3H7IMg. The topological polar surface area (TPSA) is 0 Å². The predicted molar refractivity (Wildman–Crippen MR) is 21.4 cm³/mol. The summed E-state index contributed by atoms with van der Waals surface area (Å²) in [5.41, 5.74) is 0. The van der Waals surface area contributed by atoms with E-state index in [2.05, 4.69) is 6.92 Å². The molecule has 0 bridgehead atoms. The van der Waals surface area contributed by atoms with Gasteiger partial charge in [-0.15, -0.1) is 0 Å². The van der Waals surface area contributed by atoms with Crippen LogP contribution in [0.2, 0.25) is 0 Å². The average Bonchev–Trinajstić information content (AvgIpc) is 0.918. The Balaban J connectivity index is -0.0000000200. The molecule has 0 aliphatic carbocycles. The van der Waals surface area contributed by atoms with Crippen molar-refractivity contribution in [2.75, 3.05) is 0 Å². The molecule has 2 heteroatoms. The fraction of sp³-hybridized carbons (Fsp3) is 0.667. The van der Waals surface area contributed by atoms with Gasteiger partial charge in [0.2, 0.25) is 0 Å². The zero-order valence-electron chi connectivity index (χ0n) is 3.50. The van der Waals surface area contributed by atoms with Crippen molar-refractivity contribution in [2.24, 2.45) is 0 Å². The van der Waals surface area contributed by atoms with Gasteiger partial charge in [-0.1, -0.05) is 6.92 Å². The summed E-state index contributed by atoms with van der Waals surface area (Å²) in [4.78, 5) is 0. The van der Waals surface area contributed by atoms with Crippen molar-refractivity contribution in [1.82, 2.24) is 0 Å². The van der Waals surface area contributed by atoms with Crippen molar-refractivity contribution in [3.63, 3.8) is 0 Å². The molecule has 0 unspecified atom stereocenters. The van der Waals surface area contributed by atoms with Crippen molar-refractivity contribution in [2.45, 2.75) is 13.3 Å². The summed E-state index contributed by atoms with van der Waals surface area (Å²) < 4.78 is 0. The van der Waals surface area contributed by atoms with Crippen LogP contribution in [0.25, 0.3) is 0 Å². The van der Waals surface area contributed by atoms with E-state index in [9.17, 15) is 0 Å². The Morgan fingerprint density at radius 2 is 1.60 bits per heavy atom. The molecule has 0 N–H and O–H groups in total. The van der Waals surface area contributed by atoms with Gasteiger partial charge < -0.3 is 30.9 Å². The first-order valence-electron chi connectivity index (χ1n) is 1.21. The number of halogens is 1. The van der Waals surface area contributed by atoms with Gasteiger partial charge in [0.25, 0.3) is 0 Å².